The third-order valence-electron chi connectivity index (χ3n) is 4.47. The van der Waals surface area contributed by atoms with Gasteiger partial charge in [-0.25, -0.2) is 4.68 Å². The quantitative estimate of drug-likeness (QED) is 0.480. The van der Waals surface area contributed by atoms with Gasteiger partial charge < -0.3 is 10.1 Å². The number of aryl methyl sites for hydroxylation is 1. The van der Waals surface area contributed by atoms with Crippen molar-refractivity contribution in [1.29, 1.82) is 0 Å². The summed E-state index contributed by atoms with van der Waals surface area (Å²) in [5.41, 5.74) is 3.00. The van der Waals surface area contributed by atoms with Crippen LogP contribution >= 0.6 is 11.6 Å². The highest BCUT2D eigenvalue weighted by Crippen LogP contribution is 2.17. The van der Waals surface area contributed by atoms with Crippen LogP contribution in [0.25, 0.3) is 0 Å². The van der Waals surface area contributed by atoms with Crippen molar-refractivity contribution in [2.24, 2.45) is 0 Å². The molecular formula is C22H20ClN5O2. The van der Waals surface area contributed by atoms with Crippen molar-refractivity contribution < 1.29 is 9.53 Å². The molecule has 0 unspecified atom stereocenters. The average molecular weight is 422 g/mol. The summed E-state index contributed by atoms with van der Waals surface area (Å²) < 4.78 is 9.07. The van der Waals surface area contributed by atoms with Crippen LogP contribution in [0.5, 0.6) is 5.75 Å². The first kappa shape index (κ1) is 19.7. The van der Waals surface area contributed by atoms with Crippen LogP contribution in [0.2, 0.25) is 5.02 Å². The topological polar surface area (TPSA) is 74.0 Å². The molecule has 0 atom stereocenters. The van der Waals surface area contributed by atoms with Crippen molar-refractivity contribution in [2.75, 3.05) is 5.32 Å². The van der Waals surface area contributed by atoms with E-state index in [2.05, 4.69) is 15.5 Å². The van der Waals surface area contributed by atoms with Gasteiger partial charge in [0.05, 0.1) is 18.4 Å². The number of benzene rings is 2. The van der Waals surface area contributed by atoms with E-state index in [1.165, 1.54) is 0 Å². The molecule has 0 fully saturated rings. The van der Waals surface area contributed by atoms with Gasteiger partial charge in [0.25, 0.3) is 5.91 Å². The lowest BCUT2D eigenvalue weighted by molar-refractivity contribution is 0.102. The van der Waals surface area contributed by atoms with Gasteiger partial charge in [-0.05, 0) is 42.3 Å². The number of nitrogens with one attached hydrogen (secondary N) is 1. The summed E-state index contributed by atoms with van der Waals surface area (Å²) >= 11 is 5.91. The number of aromatic nitrogens is 4. The molecule has 1 N–H and O–H groups in total. The van der Waals surface area contributed by atoms with E-state index in [-0.39, 0.29) is 12.6 Å². The van der Waals surface area contributed by atoms with Gasteiger partial charge in [0, 0.05) is 17.4 Å². The van der Waals surface area contributed by atoms with Crippen LogP contribution < -0.4 is 10.1 Å². The monoisotopic (exact) mass is 421 g/mol. The molecule has 4 rings (SSSR count). The molecule has 0 spiro atoms. The Morgan fingerprint density at radius 2 is 1.90 bits per heavy atom. The molecule has 0 bridgehead atoms. The molecule has 0 radical (unpaired) electrons. The smallest absolute Gasteiger partial charge is 0.276 e. The largest absolute Gasteiger partial charge is 0.471 e. The number of ether oxygens (including phenoxy) is 1. The Balaban J connectivity index is 1.34. The predicted octanol–water partition coefficient (Wildman–Crippen LogP) is 4.38. The number of rotatable bonds is 7. The predicted molar refractivity (Wildman–Crippen MR) is 115 cm³/mol. The lowest BCUT2D eigenvalue weighted by atomic mass is 10.2. The van der Waals surface area contributed by atoms with Crippen LogP contribution in [0.3, 0.4) is 0 Å². The molecule has 0 saturated heterocycles. The van der Waals surface area contributed by atoms with Gasteiger partial charge in [0.1, 0.15) is 5.75 Å². The van der Waals surface area contributed by atoms with E-state index < -0.39 is 0 Å². The van der Waals surface area contributed by atoms with Gasteiger partial charge in [-0.2, -0.15) is 10.2 Å². The maximum Gasteiger partial charge on any atom is 0.276 e. The summed E-state index contributed by atoms with van der Waals surface area (Å²) in [7, 11) is 0. The minimum absolute atomic E-state index is 0.219. The first-order chi connectivity index (χ1) is 14.6. The molecule has 0 saturated carbocycles. The van der Waals surface area contributed by atoms with Gasteiger partial charge in [0.2, 0.25) is 0 Å². The summed E-state index contributed by atoms with van der Waals surface area (Å²) in [5.74, 6) is 0.475. The summed E-state index contributed by atoms with van der Waals surface area (Å²) in [6.45, 7) is 2.78. The fourth-order valence-corrected chi connectivity index (χ4v) is 3.02. The van der Waals surface area contributed by atoms with Gasteiger partial charge in [-0.3, -0.25) is 9.48 Å². The Morgan fingerprint density at radius 3 is 2.70 bits per heavy atom. The zero-order valence-corrected chi connectivity index (χ0v) is 17.1. The number of hydrogen-bond acceptors (Lipinski definition) is 4. The van der Waals surface area contributed by atoms with Crippen molar-refractivity contribution in [3.8, 4) is 5.75 Å². The van der Waals surface area contributed by atoms with Crippen LogP contribution in [0.4, 0.5) is 5.69 Å². The van der Waals surface area contributed by atoms with E-state index >= 15 is 0 Å². The number of halogens is 1. The first-order valence-electron chi connectivity index (χ1n) is 9.37. The van der Waals surface area contributed by atoms with Crippen LogP contribution in [-0.4, -0.2) is 25.5 Å². The van der Waals surface area contributed by atoms with E-state index in [4.69, 9.17) is 16.3 Å². The maximum atomic E-state index is 12.5. The zero-order valence-electron chi connectivity index (χ0n) is 16.3. The normalized spacial score (nSPS) is 10.7. The van der Waals surface area contributed by atoms with Crippen LogP contribution in [-0.2, 0) is 13.3 Å². The highest BCUT2D eigenvalue weighted by Gasteiger charge is 2.11. The molecule has 152 valence electrons. The third-order valence-corrected chi connectivity index (χ3v) is 4.72. The second-order valence-corrected chi connectivity index (χ2v) is 7.22. The molecule has 2 aromatic carbocycles. The van der Waals surface area contributed by atoms with E-state index in [1.807, 2.05) is 55.5 Å². The Bertz CT molecular complexity index is 1150. The lowest BCUT2D eigenvalue weighted by Gasteiger charge is -2.08. The van der Waals surface area contributed by atoms with Gasteiger partial charge in [-0.1, -0.05) is 41.9 Å². The summed E-state index contributed by atoms with van der Waals surface area (Å²) in [6, 6.07) is 16.9. The fourth-order valence-electron chi connectivity index (χ4n) is 2.90. The second-order valence-electron chi connectivity index (χ2n) is 6.79. The number of amides is 1. The summed E-state index contributed by atoms with van der Waals surface area (Å²) in [5, 5.41) is 12.1. The molecule has 2 aromatic heterocycles. The highest BCUT2D eigenvalue weighted by atomic mass is 35.5. The SMILES string of the molecule is Cc1ccccc1OCn1ccc(C(=O)Nc2cnn(Cc3ccc(Cl)cc3)c2)n1. The Labute approximate surface area is 178 Å². The third kappa shape index (κ3) is 4.87. The lowest BCUT2D eigenvalue weighted by Crippen LogP contribution is -2.14. The number of hydrogen-bond donors (Lipinski definition) is 1. The van der Waals surface area contributed by atoms with Crippen LogP contribution in [0.15, 0.2) is 73.2 Å². The Hall–Kier alpha value is -3.58. The Kier molecular flexibility index (Phi) is 5.81. The van der Waals surface area contributed by atoms with E-state index in [9.17, 15) is 4.79 Å². The molecule has 0 aliphatic rings. The fraction of sp³-hybridized carbons (Fsp3) is 0.136. The number of carbonyl (C=O) groups is 1. The summed E-state index contributed by atoms with van der Waals surface area (Å²) in [4.78, 5) is 12.5. The van der Waals surface area contributed by atoms with E-state index in [0.29, 0.717) is 22.9 Å². The minimum atomic E-state index is -0.310. The molecule has 4 aromatic rings. The number of carbonyl (C=O) groups excluding carboxylic acids is 1. The van der Waals surface area contributed by atoms with Gasteiger partial charge in [0.15, 0.2) is 12.4 Å². The van der Waals surface area contributed by atoms with Crippen molar-refractivity contribution in [3.63, 3.8) is 0 Å². The second kappa shape index (κ2) is 8.84. The number of para-hydroxylation sites is 1. The highest BCUT2D eigenvalue weighted by molar-refractivity contribution is 6.30. The maximum absolute atomic E-state index is 12.5. The summed E-state index contributed by atoms with van der Waals surface area (Å²) in [6.07, 6.45) is 5.08. The first-order valence-corrected chi connectivity index (χ1v) is 9.75. The average Bonchev–Trinajstić information content (AvgIpc) is 3.39. The molecule has 30 heavy (non-hydrogen) atoms. The molecule has 0 aliphatic heterocycles. The van der Waals surface area contributed by atoms with Crippen molar-refractivity contribution in [3.05, 3.63) is 95.0 Å². The van der Waals surface area contributed by atoms with Crippen molar-refractivity contribution in [1.82, 2.24) is 19.6 Å². The van der Waals surface area contributed by atoms with Crippen molar-refractivity contribution in [2.45, 2.75) is 20.2 Å². The van der Waals surface area contributed by atoms with Crippen molar-refractivity contribution >= 4 is 23.2 Å². The van der Waals surface area contributed by atoms with E-state index in [0.717, 1.165) is 16.9 Å². The molecule has 7 nitrogen and oxygen atoms in total. The van der Waals surface area contributed by atoms with Crippen LogP contribution in [0, 0.1) is 6.92 Å². The molecular weight excluding hydrogens is 402 g/mol. The Morgan fingerprint density at radius 1 is 1.10 bits per heavy atom. The molecule has 0 aliphatic carbocycles. The molecule has 1 amide bonds. The van der Waals surface area contributed by atoms with E-state index in [1.54, 1.807) is 34.0 Å². The molecule has 2 heterocycles. The zero-order chi connectivity index (χ0) is 20.9. The van der Waals surface area contributed by atoms with Crippen LogP contribution in [0.1, 0.15) is 21.6 Å². The number of nitrogens with zero attached hydrogens (tertiary/aromatic N) is 4. The number of anilines is 1. The van der Waals surface area contributed by atoms with Gasteiger partial charge >= 0.3 is 0 Å². The molecule has 8 heteroatoms. The minimum Gasteiger partial charge on any atom is -0.471 e. The standard InChI is InChI=1S/C22H20ClN5O2/c1-16-4-2-3-5-21(16)30-15-27-11-10-20(26-27)22(29)25-19-12-24-28(14-19)13-17-6-8-18(23)9-7-17/h2-12,14H,13,15H2,1H3,(H,25,29). The van der Waals surface area contributed by atoms with Gasteiger partial charge in [-0.15, -0.1) is 0 Å².